The van der Waals surface area contributed by atoms with Crippen molar-refractivity contribution in [2.24, 2.45) is 0 Å². The summed E-state index contributed by atoms with van der Waals surface area (Å²) in [6.45, 7) is 2.07. The summed E-state index contributed by atoms with van der Waals surface area (Å²) in [5.74, 6) is -1.10. The number of aliphatic hydroxyl groups is 1. The fourth-order valence-corrected chi connectivity index (χ4v) is 3.15. The Labute approximate surface area is 140 Å². The minimum atomic E-state index is -1.09. The number of aryl methyl sites for hydroxylation is 1. The van der Waals surface area contributed by atoms with E-state index in [1.54, 1.807) is 6.92 Å². The van der Waals surface area contributed by atoms with Crippen molar-refractivity contribution in [3.63, 3.8) is 0 Å². The van der Waals surface area contributed by atoms with Crippen LogP contribution in [0, 0.1) is 5.82 Å². The van der Waals surface area contributed by atoms with Crippen LogP contribution in [-0.2, 0) is 12.0 Å². The average molecular weight is 329 g/mol. The van der Waals surface area contributed by atoms with E-state index in [0.29, 0.717) is 6.42 Å². The van der Waals surface area contributed by atoms with Gasteiger partial charge in [0.05, 0.1) is 18.7 Å². The van der Waals surface area contributed by atoms with E-state index in [1.165, 1.54) is 18.2 Å². The van der Waals surface area contributed by atoms with E-state index in [0.717, 1.165) is 17.5 Å². The Morgan fingerprint density at radius 2 is 2.08 bits per heavy atom. The zero-order valence-corrected chi connectivity index (χ0v) is 13.5. The van der Waals surface area contributed by atoms with Gasteiger partial charge in [-0.15, -0.1) is 0 Å². The number of hydrogen-bond donors (Lipinski definition) is 2. The van der Waals surface area contributed by atoms with Gasteiger partial charge in [-0.3, -0.25) is 4.79 Å². The highest BCUT2D eigenvalue weighted by Crippen LogP contribution is 2.36. The molecule has 0 spiro atoms. The van der Waals surface area contributed by atoms with Crippen LogP contribution in [0.25, 0.3) is 0 Å². The van der Waals surface area contributed by atoms with Gasteiger partial charge in [0.15, 0.2) is 11.6 Å². The van der Waals surface area contributed by atoms with Gasteiger partial charge in [-0.25, -0.2) is 4.39 Å². The Hall–Kier alpha value is -2.40. The Morgan fingerprint density at radius 3 is 2.88 bits per heavy atom. The molecular formula is C19H20FNO3. The molecule has 0 saturated heterocycles. The summed E-state index contributed by atoms with van der Waals surface area (Å²) >= 11 is 0. The molecular weight excluding hydrogens is 309 g/mol. The molecule has 24 heavy (non-hydrogen) atoms. The number of para-hydroxylation sites is 1. The van der Waals surface area contributed by atoms with Gasteiger partial charge in [-0.2, -0.15) is 0 Å². The molecule has 1 unspecified atom stereocenters. The molecule has 0 radical (unpaired) electrons. The van der Waals surface area contributed by atoms with Crippen molar-refractivity contribution in [2.45, 2.75) is 25.4 Å². The molecule has 126 valence electrons. The summed E-state index contributed by atoms with van der Waals surface area (Å²) in [7, 11) is 0. The second kappa shape index (κ2) is 6.61. The second-order valence-corrected chi connectivity index (χ2v) is 5.92. The predicted octanol–water partition coefficient (Wildman–Crippen LogP) is 2.79. The molecule has 1 aliphatic rings. The normalized spacial score (nSPS) is 19.0. The van der Waals surface area contributed by atoms with Crippen LogP contribution in [0.5, 0.6) is 5.75 Å². The third-order valence-electron chi connectivity index (χ3n) is 4.37. The number of rotatable bonds is 5. The fraction of sp³-hybridized carbons (Fsp3) is 0.316. The van der Waals surface area contributed by atoms with Gasteiger partial charge in [0.25, 0.3) is 5.91 Å². The number of nitrogens with one attached hydrogen (secondary N) is 1. The second-order valence-electron chi connectivity index (χ2n) is 5.92. The van der Waals surface area contributed by atoms with Crippen LogP contribution in [0.1, 0.15) is 34.8 Å². The van der Waals surface area contributed by atoms with Crippen molar-refractivity contribution in [3.05, 3.63) is 65.0 Å². The standard InChI is InChI=1S/C19H20FNO3/c1-2-24-17-14(7-5-9-16(17)20)18(22)21-12-19(23)11-10-13-6-3-4-8-15(13)19/h3-9,23H,2,10-12H2,1H3,(H,21,22). The summed E-state index contributed by atoms with van der Waals surface area (Å²) in [4.78, 5) is 12.4. The molecule has 2 N–H and O–H groups in total. The molecule has 2 aromatic rings. The summed E-state index contributed by atoms with van der Waals surface area (Å²) in [5, 5.41) is 13.6. The first-order chi connectivity index (χ1) is 11.5. The third kappa shape index (κ3) is 2.99. The number of carbonyl (C=O) groups is 1. The number of amides is 1. The quantitative estimate of drug-likeness (QED) is 0.887. The first-order valence-electron chi connectivity index (χ1n) is 8.05. The van der Waals surface area contributed by atoms with Crippen LogP contribution < -0.4 is 10.1 Å². The molecule has 5 heteroatoms. The largest absolute Gasteiger partial charge is 0.490 e. The van der Waals surface area contributed by atoms with Crippen LogP contribution in [0.4, 0.5) is 4.39 Å². The van der Waals surface area contributed by atoms with Crippen LogP contribution in [0.15, 0.2) is 42.5 Å². The minimum absolute atomic E-state index is 0.0590. The maximum Gasteiger partial charge on any atom is 0.255 e. The maximum absolute atomic E-state index is 13.9. The number of benzene rings is 2. The van der Waals surface area contributed by atoms with E-state index < -0.39 is 17.3 Å². The number of fused-ring (bicyclic) bond motifs is 1. The first-order valence-corrected chi connectivity index (χ1v) is 8.05. The van der Waals surface area contributed by atoms with Crippen molar-refractivity contribution < 1.29 is 19.0 Å². The molecule has 0 aromatic heterocycles. The van der Waals surface area contributed by atoms with E-state index in [9.17, 15) is 14.3 Å². The topological polar surface area (TPSA) is 58.6 Å². The summed E-state index contributed by atoms with van der Waals surface area (Å²) in [5.41, 5.74) is 0.974. The monoisotopic (exact) mass is 329 g/mol. The van der Waals surface area contributed by atoms with Crippen molar-refractivity contribution >= 4 is 5.91 Å². The van der Waals surface area contributed by atoms with Gasteiger partial charge in [0.2, 0.25) is 0 Å². The lowest BCUT2D eigenvalue weighted by atomic mass is 9.96. The summed E-state index contributed by atoms with van der Waals surface area (Å²) in [6, 6.07) is 11.9. The lowest BCUT2D eigenvalue weighted by Crippen LogP contribution is -2.39. The molecule has 0 fully saturated rings. The van der Waals surface area contributed by atoms with Gasteiger partial charge >= 0.3 is 0 Å². The van der Waals surface area contributed by atoms with Crippen molar-refractivity contribution in [3.8, 4) is 5.75 Å². The average Bonchev–Trinajstić information content (AvgIpc) is 2.93. The smallest absolute Gasteiger partial charge is 0.255 e. The highest BCUT2D eigenvalue weighted by Gasteiger charge is 2.36. The Kier molecular flexibility index (Phi) is 4.53. The Bertz CT molecular complexity index is 762. The number of ether oxygens (including phenoxy) is 1. The molecule has 4 nitrogen and oxygen atoms in total. The molecule has 0 saturated carbocycles. The van der Waals surface area contributed by atoms with Crippen LogP contribution in [-0.4, -0.2) is 24.2 Å². The van der Waals surface area contributed by atoms with Gasteiger partial charge in [0.1, 0.15) is 5.60 Å². The van der Waals surface area contributed by atoms with E-state index in [4.69, 9.17) is 4.74 Å². The first kappa shape index (κ1) is 16.5. The lowest BCUT2D eigenvalue weighted by Gasteiger charge is -2.24. The Morgan fingerprint density at radius 1 is 1.29 bits per heavy atom. The summed E-state index contributed by atoms with van der Waals surface area (Å²) < 4.78 is 19.1. The minimum Gasteiger partial charge on any atom is -0.490 e. The molecule has 1 atom stereocenters. The zero-order chi connectivity index (χ0) is 17.2. The fourth-order valence-electron chi connectivity index (χ4n) is 3.15. The van der Waals surface area contributed by atoms with Crippen molar-refractivity contribution in [1.82, 2.24) is 5.32 Å². The van der Waals surface area contributed by atoms with E-state index in [1.807, 2.05) is 24.3 Å². The molecule has 1 aliphatic carbocycles. The number of halogens is 1. The highest BCUT2D eigenvalue weighted by atomic mass is 19.1. The molecule has 0 heterocycles. The Balaban J connectivity index is 1.76. The number of hydrogen-bond acceptors (Lipinski definition) is 3. The van der Waals surface area contributed by atoms with Crippen molar-refractivity contribution in [2.75, 3.05) is 13.2 Å². The molecule has 1 amide bonds. The predicted molar refractivity (Wildman–Crippen MR) is 88.6 cm³/mol. The highest BCUT2D eigenvalue weighted by molar-refractivity contribution is 5.97. The third-order valence-corrected chi connectivity index (χ3v) is 4.37. The van der Waals surface area contributed by atoms with E-state index in [2.05, 4.69) is 5.32 Å². The van der Waals surface area contributed by atoms with Gasteiger partial charge in [-0.1, -0.05) is 30.3 Å². The van der Waals surface area contributed by atoms with Crippen LogP contribution >= 0.6 is 0 Å². The molecule has 0 aliphatic heterocycles. The molecule has 0 bridgehead atoms. The van der Waals surface area contributed by atoms with Crippen LogP contribution in [0.2, 0.25) is 0 Å². The van der Waals surface area contributed by atoms with Gasteiger partial charge in [0, 0.05) is 0 Å². The molecule has 3 rings (SSSR count). The van der Waals surface area contributed by atoms with Gasteiger partial charge < -0.3 is 15.2 Å². The zero-order valence-electron chi connectivity index (χ0n) is 13.5. The van der Waals surface area contributed by atoms with Gasteiger partial charge in [-0.05, 0) is 43.0 Å². The van der Waals surface area contributed by atoms with E-state index in [-0.39, 0.29) is 24.5 Å². The maximum atomic E-state index is 13.9. The SMILES string of the molecule is CCOc1c(F)cccc1C(=O)NCC1(O)CCc2ccccc21. The van der Waals surface area contributed by atoms with E-state index >= 15 is 0 Å². The lowest BCUT2D eigenvalue weighted by molar-refractivity contribution is 0.0369. The van der Waals surface area contributed by atoms with Crippen molar-refractivity contribution in [1.29, 1.82) is 0 Å². The van der Waals surface area contributed by atoms with Crippen LogP contribution in [0.3, 0.4) is 0 Å². The molecule has 2 aromatic carbocycles. The summed E-state index contributed by atoms with van der Waals surface area (Å²) in [6.07, 6.45) is 1.32. The number of carbonyl (C=O) groups excluding carboxylic acids is 1.